The highest BCUT2D eigenvalue weighted by Gasteiger charge is 2.15. The van der Waals surface area contributed by atoms with Crippen molar-refractivity contribution in [3.63, 3.8) is 0 Å². The Labute approximate surface area is 149 Å². The lowest BCUT2D eigenvalue weighted by atomic mass is 10.1. The van der Waals surface area contributed by atoms with Crippen LogP contribution >= 0.6 is 0 Å². The molecule has 1 heterocycles. The highest BCUT2D eigenvalue weighted by atomic mass is 16.1. The molecule has 0 saturated heterocycles. The van der Waals surface area contributed by atoms with Crippen molar-refractivity contribution in [2.45, 2.75) is 58.0 Å². The summed E-state index contributed by atoms with van der Waals surface area (Å²) in [4.78, 5) is 21.3. The van der Waals surface area contributed by atoms with E-state index in [-0.39, 0.29) is 5.91 Å². The molecule has 3 rings (SSSR count). The van der Waals surface area contributed by atoms with Crippen molar-refractivity contribution in [3.05, 3.63) is 53.3 Å². The Morgan fingerprint density at radius 1 is 1.08 bits per heavy atom. The van der Waals surface area contributed by atoms with Gasteiger partial charge in [-0.25, -0.2) is 9.97 Å². The molecule has 0 bridgehead atoms. The van der Waals surface area contributed by atoms with Crippen LogP contribution in [-0.2, 0) is 6.54 Å². The molecule has 1 aromatic heterocycles. The second kappa shape index (κ2) is 8.60. The Morgan fingerprint density at radius 3 is 2.52 bits per heavy atom. The van der Waals surface area contributed by atoms with Crippen molar-refractivity contribution in [2.24, 2.45) is 0 Å². The number of rotatable bonds is 5. The van der Waals surface area contributed by atoms with Crippen LogP contribution in [0, 0.1) is 6.92 Å². The van der Waals surface area contributed by atoms with Gasteiger partial charge in [-0.3, -0.25) is 4.79 Å². The molecule has 0 aliphatic heterocycles. The molecular formula is C20H26N4O. The van der Waals surface area contributed by atoms with Gasteiger partial charge < -0.3 is 10.6 Å². The van der Waals surface area contributed by atoms with Crippen molar-refractivity contribution in [3.8, 4) is 0 Å². The summed E-state index contributed by atoms with van der Waals surface area (Å²) in [6, 6.07) is 12.0. The quantitative estimate of drug-likeness (QED) is 0.813. The monoisotopic (exact) mass is 338 g/mol. The second-order valence-corrected chi connectivity index (χ2v) is 6.72. The number of nitrogens with zero attached hydrogens (tertiary/aromatic N) is 2. The van der Waals surface area contributed by atoms with E-state index in [4.69, 9.17) is 0 Å². The SMILES string of the molecule is Cc1cc(C(=O)NCc2ccccc2)nc(NC2CCCCCC2)n1. The molecule has 1 amide bonds. The molecule has 0 spiro atoms. The van der Waals surface area contributed by atoms with Crippen LogP contribution in [0.2, 0.25) is 0 Å². The van der Waals surface area contributed by atoms with Gasteiger partial charge in [-0.2, -0.15) is 0 Å². The Morgan fingerprint density at radius 2 is 1.80 bits per heavy atom. The highest BCUT2D eigenvalue weighted by Crippen LogP contribution is 2.20. The van der Waals surface area contributed by atoms with Crippen LogP contribution < -0.4 is 10.6 Å². The van der Waals surface area contributed by atoms with E-state index < -0.39 is 0 Å². The number of carbonyl (C=O) groups excluding carboxylic acids is 1. The summed E-state index contributed by atoms with van der Waals surface area (Å²) in [5.41, 5.74) is 2.29. The molecule has 0 radical (unpaired) electrons. The van der Waals surface area contributed by atoms with Crippen molar-refractivity contribution in [1.29, 1.82) is 0 Å². The summed E-state index contributed by atoms with van der Waals surface area (Å²) in [5, 5.41) is 6.35. The zero-order valence-corrected chi connectivity index (χ0v) is 14.8. The van der Waals surface area contributed by atoms with E-state index in [2.05, 4.69) is 20.6 Å². The van der Waals surface area contributed by atoms with Gasteiger partial charge in [-0.1, -0.05) is 56.0 Å². The molecule has 1 fully saturated rings. The minimum atomic E-state index is -0.168. The van der Waals surface area contributed by atoms with Crippen LogP contribution in [0.15, 0.2) is 36.4 Å². The average molecular weight is 338 g/mol. The fraction of sp³-hybridized carbons (Fsp3) is 0.450. The molecule has 1 aliphatic carbocycles. The minimum absolute atomic E-state index is 0.168. The van der Waals surface area contributed by atoms with Crippen LogP contribution in [0.3, 0.4) is 0 Å². The number of hydrogen-bond donors (Lipinski definition) is 2. The van der Waals surface area contributed by atoms with Gasteiger partial charge in [0, 0.05) is 18.3 Å². The maximum absolute atomic E-state index is 12.4. The Bertz CT molecular complexity index is 694. The zero-order valence-electron chi connectivity index (χ0n) is 14.8. The summed E-state index contributed by atoms with van der Waals surface area (Å²) in [5.74, 6) is 0.398. The van der Waals surface area contributed by atoms with Crippen LogP contribution in [0.5, 0.6) is 0 Å². The number of anilines is 1. The van der Waals surface area contributed by atoms with Crippen LogP contribution in [-0.4, -0.2) is 21.9 Å². The van der Waals surface area contributed by atoms with Gasteiger partial charge in [-0.05, 0) is 31.4 Å². The molecule has 2 N–H and O–H groups in total. The molecule has 132 valence electrons. The highest BCUT2D eigenvalue weighted by molar-refractivity contribution is 5.92. The first-order valence-corrected chi connectivity index (χ1v) is 9.15. The van der Waals surface area contributed by atoms with Crippen molar-refractivity contribution in [2.75, 3.05) is 5.32 Å². The zero-order chi connectivity index (χ0) is 17.5. The third kappa shape index (κ3) is 5.28. The first-order valence-electron chi connectivity index (χ1n) is 9.15. The van der Waals surface area contributed by atoms with E-state index in [1.54, 1.807) is 6.07 Å². The first kappa shape index (κ1) is 17.4. The molecular weight excluding hydrogens is 312 g/mol. The molecule has 2 aromatic rings. The van der Waals surface area contributed by atoms with Gasteiger partial charge in [0.2, 0.25) is 5.95 Å². The number of amides is 1. The number of hydrogen-bond acceptors (Lipinski definition) is 4. The number of aromatic nitrogens is 2. The van der Waals surface area contributed by atoms with Crippen LogP contribution in [0.25, 0.3) is 0 Å². The van der Waals surface area contributed by atoms with Crippen molar-refractivity contribution >= 4 is 11.9 Å². The maximum atomic E-state index is 12.4. The van der Waals surface area contributed by atoms with Crippen molar-refractivity contribution in [1.82, 2.24) is 15.3 Å². The number of nitrogens with one attached hydrogen (secondary N) is 2. The maximum Gasteiger partial charge on any atom is 0.270 e. The fourth-order valence-electron chi connectivity index (χ4n) is 3.22. The Balaban J connectivity index is 1.64. The standard InChI is InChI=1S/C20H26N4O/c1-15-13-18(19(25)21-14-16-9-5-4-6-10-16)24-20(22-15)23-17-11-7-2-3-8-12-17/h4-6,9-10,13,17H,2-3,7-8,11-12,14H2,1H3,(H,21,25)(H,22,23,24). The first-order chi connectivity index (χ1) is 12.2. The van der Waals surface area contributed by atoms with Gasteiger partial charge in [0.1, 0.15) is 5.69 Å². The van der Waals surface area contributed by atoms with Crippen LogP contribution in [0.4, 0.5) is 5.95 Å². The summed E-state index contributed by atoms with van der Waals surface area (Å²) in [7, 11) is 0. The molecule has 1 saturated carbocycles. The number of benzene rings is 1. The topological polar surface area (TPSA) is 66.9 Å². The van der Waals surface area contributed by atoms with Gasteiger partial charge in [0.05, 0.1) is 0 Å². The summed E-state index contributed by atoms with van der Waals surface area (Å²) >= 11 is 0. The van der Waals surface area contributed by atoms with Gasteiger partial charge in [-0.15, -0.1) is 0 Å². The van der Waals surface area contributed by atoms with E-state index in [1.165, 1.54) is 25.7 Å². The Kier molecular flexibility index (Phi) is 5.99. The third-order valence-corrected chi connectivity index (χ3v) is 4.57. The lowest BCUT2D eigenvalue weighted by Crippen LogP contribution is -2.26. The van der Waals surface area contributed by atoms with Crippen LogP contribution in [0.1, 0.15) is 60.3 Å². The molecule has 25 heavy (non-hydrogen) atoms. The lowest BCUT2D eigenvalue weighted by molar-refractivity contribution is 0.0945. The van der Waals surface area contributed by atoms with E-state index in [0.29, 0.717) is 24.2 Å². The molecule has 1 aromatic carbocycles. The summed E-state index contributed by atoms with van der Waals surface area (Å²) in [6.07, 6.45) is 7.39. The van der Waals surface area contributed by atoms with E-state index in [0.717, 1.165) is 24.1 Å². The number of carbonyl (C=O) groups is 1. The number of aryl methyl sites for hydroxylation is 1. The van der Waals surface area contributed by atoms with E-state index >= 15 is 0 Å². The molecule has 0 atom stereocenters. The van der Waals surface area contributed by atoms with E-state index in [9.17, 15) is 4.79 Å². The summed E-state index contributed by atoms with van der Waals surface area (Å²) in [6.45, 7) is 2.39. The van der Waals surface area contributed by atoms with Gasteiger partial charge in [0.15, 0.2) is 0 Å². The predicted molar refractivity (Wildman–Crippen MR) is 99.5 cm³/mol. The van der Waals surface area contributed by atoms with Gasteiger partial charge >= 0.3 is 0 Å². The second-order valence-electron chi connectivity index (χ2n) is 6.72. The van der Waals surface area contributed by atoms with Gasteiger partial charge in [0.25, 0.3) is 5.91 Å². The largest absolute Gasteiger partial charge is 0.351 e. The summed E-state index contributed by atoms with van der Waals surface area (Å²) < 4.78 is 0. The van der Waals surface area contributed by atoms with Crippen molar-refractivity contribution < 1.29 is 4.79 Å². The minimum Gasteiger partial charge on any atom is -0.351 e. The lowest BCUT2D eigenvalue weighted by Gasteiger charge is -2.17. The van der Waals surface area contributed by atoms with E-state index in [1.807, 2.05) is 37.3 Å². The molecule has 0 unspecified atom stereocenters. The smallest absolute Gasteiger partial charge is 0.270 e. The molecule has 1 aliphatic rings. The average Bonchev–Trinajstić information content (AvgIpc) is 2.89. The predicted octanol–water partition coefficient (Wildman–Crippen LogP) is 3.85. The molecule has 5 heteroatoms. The Hall–Kier alpha value is -2.43. The third-order valence-electron chi connectivity index (χ3n) is 4.57. The fourth-order valence-corrected chi connectivity index (χ4v) is 3.22. The normalized spacial score (nSPS) is 15.4. The molecule has 5 nitrogen and oxygen atoms in total.